The van der Waals surface area contributed by atoms with E-state index < -0.39 is 35.8 Å². The van der Waals surface area contributed by atoms with Gasteiger partial charge in [-0.1, -0.05) is 60.7 Å². The van der Waals surface area contributed by atoms with Crippen molar-refractivity contribution in [1.29, 1.82) is 0 Å². The molecule has 0 atom stereocenters. The third-order valence-electron chi connectivity index (χ3n) is 8.82. The molecule has 3 aromatic carbocycles. The van der Waals surface area contributed by atoms with Gasteiger partial charge in [-0.15, -0.1) is 0 Å². The van der Waals surface area contributed by atoms with Crippen LogP contribution in [-0.2, 0) is 14.0 Å². The van der Waals surface area contributed by atoms with Crippen molar-refractivity contribution in [2.45, 2.75) is 44.8 Å². The minimum atomic E-state index is -1.29. The van der Waals surface area contributed by atoms with Crippen LogP contribution in [-0.4, -0.2) is 53.6 Å². The van der Waals surface area contributed by atoms with Crippen LogP contribution in [0.2, 0.25) is 0 Å². The normalized spacial score (nSPS) is 16.9. The molecular formula is C34H33BN2O7. The summed E-state index contributed by atoms with van der Waals surface area (Å²) in [6, 6.07) is 21.3. The maximum Gasteiger partial charge on any atom is 0.492 e. The van der Waals surface area contributed by atoms with Crippen LogP contribution >= 0.6 is 0 Å². The lowest BCUT2D eigenvalue weighted by atomic mass is 9.77. The predicted octanol–water partition coefficient (Wildman–Crippen LogP) is 5.78. The highest BCUT2D eigenvalue weighted by atomic mass is 16.7. The number of hydrogen-bond donors (Lipinski definition) is 3. The second kappa shape index (κ2) is 11.1. The van der Waals surface area contributed by atoms with Gasteiger partial charge in [0.2, 0.25) is 5.43 Å². The molecule has 10 heteroatoms. The van der Waals surface area contributed by atoms with E-state index in [0.717, 1.165) is 22.3 Å². The van der Waals surface area contributed by atoms with Gasteiger partial charge in [0.25, 0.3) is 0 Å². The van der Waals surface area contributed by atoms with Gasteiger partial charge in [-0.25, -0.2) is 9.59 Å². The van der Waals surface area contributed by atoms with Gasteiger partial charge in [0, 0.05) is 29.6 Å². The summed E-state index contributed by atoms with van der Waals surface area (Å²) >= 11 is 0. The number of carboxylic acids is 1. The van der Waals surface area contributed by atoms with E-state index in [-0.39, 0.29) is 30.0 Å². The van der Waals surface area contributed by atoms with E-state index in [1.807, 2.05) is 58.0 Å². The number of carbonyl (C=O) groups excluding carboxylic acids is 1. The highest BCUT2D eigenvalue weighted by Crippen LogP contribution is 2.44. The van der Waals surface area contributed by atoms with Gasteiger partial charge in [0.1, 0.15) is 12.2 Å². The Morgan fingerprint density at radius 2 is 1.59 bits per heavy atom. The number of aromatic carboxylic acids is 1. The first-order valence-corrected chi connectivity index (χ1v) is 14.5. The lowest BCUT2D eigenvalue weighted by Gasteiger charge is -2.32. The third-order valence-corrected chi connectivity index (χ3v) is 8.82. The number of amides is 1. The van der Waals surface area contributed by atoms with Crippen LogP contribution in [0.1, 0.15) is 60.7 Å². The molecule has 0 bridgehead atoms. The number of rotatable bonds is 7. The Morgan fingerprint density at radius 1 is 0.977 bits per heavy atom. The van der Waals surface area contributed by atoms with E-state index >= 15 is 0 Å². The van der Waals surface area contributed by atoms with Crippen molar-refractivity contribution in [3.8, 4) is 11.1 Å². The molecule has 2 aliphatic rings. The number of carbonyl (C=O) groups is 2. The molecule has 9 nitrogen and oxygen atoms in total. The Morgan fingerprint density at radius 3 is 2.20 bits per heavy atom. The van der Waals surface area contributed by atoms with Crippen LogP contribution in [0.5, 0.6) is 0 Å². The van der Waals surface area contributed by atoms with Gasteiger partial charge in [-0.2, -0.15) is 0 Å². The first-order valence-electron chi connectivity index (χ1n) is 14.5. The number of benzene rings is 3. The van der Waals surface area contributed by atoms with Crippen LogP contribution in [0.15, 0.2) is 83.2 Å². The Bertz CT molecular complexity index is 1820. The second-order valence-electron chi connectivity index (χ2n) is 12.1. The van der Waals surface area contributed by atoms with Crippen LogP contribution in [0.25, 0.3) is 28.1 Å². The van der Waals surface area contributed by atoms with Crippen molar-refractivity contribution >= 4 is 36.2 Å². The monoisotopic (exact) mass is 592 g/mol. The summed E-state index contributed by atoms with van der Waals surface area (Å²) in [5.41, 5.74) is 4.27. The predicted molar refractivity (Wildman–Crippen MR) is 169 cm³/mol. The number of nitrogens with one attached hydrogen (secondary N) is 2. The zero-order valence-corrected chi connectivity index (χ0v) is 25.0. The quantitative estimate of drug-likeness (QED) is 0.232. The molecule has 6 rings (SSSR count). The first kappa shape index (κ1) is 29.4. The van der Waals surface area contributed by atoms with Crippen LogP contribution < -0.4 is 10.7 Å². The highest BCUT2D eigenvalue weighted by molar-refractivity contribution is 6.56. The molecule has 44 heavy (non-hydrogen) atoms. The fourth-order valence-electron chi connectivity index (χ4n) is 5.72. The van der Waals surface area contributed by atoms with Crippen molar-refractivity contribution in [2.24, 2.45) is 0 Å². The molecule has 224 valence electrons. The molecule has 1 fully saturated rings. The summed E-state index contributed by atoms with van der Waals surface area (Å²) in [7, 11) is -0.752. The zero-order chi connectivity index (χ0) is 31.2. The molecule has 0 unspecified atom stereocenters. The average molecular weight is 592 g/mol. The van der Waals surface area contributed by atoms with Crippen molar-refractivity contribution < 1.29 is 28.7 Å². The Balaban J connectivity index is 1.22. The van der Waals surface area contributed by atoms with Crippen molar-refractivity contribution in [2.75, 3.05) is 13.2 Å². The molecule has 0 radical (unpaired) electrons. The van der Waals surface area contributed by atoms with E-state index in [2.05, 4.69) is 34.6 Å². The van der Waals surface area contributed by atoms with E-state index in [1.165, 1.54) is 6.20 Å². The molecule has 2 heterocycles. The van der Waals surface area contributed by atoms with E-state index in [0.29, 0.717) is 16.6 Å². The molecule has 4 aromatic rings. The SMILES string of the molecule is CC1(C)OB(C(=Cc2ccc3c(=O)c(C(=O)O)c[nH]c3c2)CNC(=O)OCC2c3ccccc3-c3ccccc32)OC1(C)C. The van der Waals surface area contributed by atoms with Crippen LogP contribution in [0.3, 0.4) is 0 Å². The molecule has 0 saturated carbocycles. The highest BCUT2D eigenvalue weighted by Gasteiger charge is 2.52. The van der Waals surface area contributed by atoms with Gasteiger partial charge < -0.3 is 29.5 Å². The number of carboxylic acid groups (broad SMARTS) is 1. The number of H-pyrrole nitrogens is 1. The number of alkyl carbamates (subject to hydrolysis) is 1. The number of aromatic amines is 1. The van der Waals surface area contributed by atoms with Gasteiger partial charge >= 0.3 is 19.2 Å². The molecular weight excluding hydrogens is 559 g/mol. The summed E-state index contributed by atoms with van der Waals surface area (Å²) in [4.78, 5) is 39.9. The smallest absolute Gasteiger partial charge is 0.477 e. The minimum Gasteiger partial charge on any atom is -0.477 e. The molecule has 1 saturated heterocycles. The zero-order valence-electron chi connectivity index (χ0n) is 25.0. The number of aromatic nitrogens is 1. The summed E-state index contributed by atoms with van der Waals surface area (Å²) in [6.07, 6.45) is 2.45. The van der Waals surface area contributed by atoms with E-state index in [1.54, 1.807) is 18.2 Å². The molecule has 1 aliphatic carbocycles. The number of fused-ring (bicyclic) bond motifs is 4. The fourth-order valence-corrected chi connectivity index (χ4v) is 5.72. The molecule has 3 N–H and O–H groups in total. The van der Waals surface area contributed by atoms with Gasteiger partial charge in [-0.3, -0.25) is 4.79 Å². The molecule has 1 aliphatic heterocycles. The van der Waals surface area contributed by atoms with Gasteiger partial charge in [0.05, 0.1) is 11.2 Å². The topological polar surface area (TPSA) is 127 Å². The summed E-state index contributed by atoms with van der Waals surface area (Å²) in [5.74, 6) is -1.35. The summed E-state index contributed by atoms with van der Waals surface area (Å²) in [5, 5.41) is 12.4. The first-order chi connectivity index (χ1) is 20.9. The lowest BCUT2D eigenvalue weighted by molar-refractivity contribution is 0.00578. The van der Waals surface area contributed by atoms with Gasteiger partial charge in [-0.05, 0) is 73.1 Å². The lowest BCUT2D eigenvalue weighted by Crippen LogP contribution is -2.41. The van der Waals surface area contributed by atoms with E-state index in [4.69, 9.17) is 14.0 Å². The molecule has 1 amide bonds. The van der Waals surface area contributed by atoms with E-state index in [9.17, 15) is 19.5 Å². The van der Waals surface area contributed by atoms with Crippen molar-refractivity contribution in [3.63, 3.8) is 0 Å². The number of hydrogen-bond acceptors (Lipinski definition) is 6. The fraction of sp³-hybridized carbons (Fsp3) is 0.265. The Labute approximate surface area is 255 Å². The Kier molecular flexibility index (Phi) is 7.43. The second-order valence-corrected chi connectivity index (χ2v) is 12.1. The minimum absolute atomic E-state index is 0.0624. The maximum atomic E-state index is 13.0. The maximum absolute atomic E-state index is 13.0. The summed E-state index contributed by atoms with van der Waals surface area (Å²) < 4.78 is 18.3. The molecule has 1 aromatic heterocycles. The van der Waals surface area contributed by atoms with Crippen molar-refractivity contribution in [1.82, 2.24) is 10.3 Å². The van der Waals surface area contributed by atoms with Crippen LogP contribution in [0, 0.1) is 0 Å². The average Bonchev–Trinajstić information content (AvgIpc) is 3.42. The Hall–Kier alpha value is -4.67. The summed E-state index contributed by atoms with van der Waals surface area (Å²) in [6.45, 7) is 8.06. The largest absolute Gasteiger partial charge is 0.492 e. The third kappa shape index (κ3) is 5.31. The van der Waals surface area contributed by atoms with Crippen molar-refractivity contribution in [3.05, 3.63) is 111 Å². The molecule has 0 spiro atoms. The standard InChI is InChI=1S/C34H33BN2O7/c1-33(2)34(3,4)44-35(43-33)21(15-20-13-14-26-29(16-20)36-18-27(30(26)38)31(39)40)17-37-32(41)42-19-28-24-11-7-5-9-22(24)23-10-6-8-12-25(23)28/h5-16,18,28H,17,19H2,1-4H3,(H,36,38)(H,37,41)(H,39,40). The van der Waals surface area contributed by atoms with Gasteiger partial charge in [0.15, 0.2) is 0 Å². The number of ether oxygens (including phenoxy) is 1. The number of pyridine rings is 1. The van der Waals surface area contributed by atoms with Crippen LogP contribution in [0.4, 0.5) is 4.79 Å².